The Bertz CT molecular complexity index is 872. The molecule has 0 radical (unpaired) electrons. The van der Waals surface area contributed by atoms with Crippen molar-refractivity contribution in [2.75, 3.05) is 7.11 Å². The molecule has 0 aliphatic heterocycles. The first-order valence-electron chi connectivity index (χ1n) is 6.35. The van der Waals surface area contributed by atoms with Gasteiger partial charge in [0.05, 0.1) is 27.8 Å². The van der Waals surface area contributed by atoms with Gasteiger partial charge in [0, 0.05) is 5.56 Å². The van der Waals surface area contributed by atoms with E-state index in [9.17, 15) is 4.79 Å². The van der Waals surface area contributed by atoms with E-state index in [2.05, 4.69) is 14.7 Å². The van der Waals surface area contributed by atoms with Crippen LogP contribution < -0.4 is 0 Å². The fraction of sp³-hybridized carbons (Fsp3) is 0.214. The largest absolute Gasteiger partial charge is 0.464 e. The Hall–Kier alpha value is -1.63. The van der Waals surface area contributed by atoms with Crippen LogP contribution in [0.4, 0.5) is 0 Å². The van der Waals surface area contributed by atoms with Gasteiger partial charge in [0.1, 0.15) is 5.82 Å². The predicted octanol–water partition coefficient (Wildman–Crippen LogP) is 3.94. The van der Waals surface area contributed by atoms with E-state index in [1.54, 1.807) is 12.1 Å². The molecule has 0 amide bonds. The number of pyridine rings is 1. The predicted molar refractivity (Wildman–Crippen MR) is 87.0 cm³/mol. The highest BCUT2D eigenvalue weighted by atomic mass is 35.5. The molecular formula is C14H11Cl2N3O2S. The van der Waals surface area contributed by atoms with Crippen molar-refractivity contribution in [1.29, 1.82) is 0 Å². The Kier molecular flexibility index (Phi) is 4.08. The minimum Gasteiger partial charge on any atom is -0.464 e. The van der Waals surface area contributed by atoms with Gasteiger partial charge in [0.25, 0.3) is 0 Å². The number of fused-ring (bicyclic) bond motifs is 1. The Morgan fingerprint density at radius 2 is 2.14 bits per heavy atom. The third kappa shape index (κ3) is 2.69. The number of esters is 1. The van der Waals surface area contributed by atoms with Crippen molar-refractivity contribution in [3.8, 4) is 0 Å². The normalized spacial score (nSPS) is 11.1. The molecule has 0 saturated carbocycles. The molecule has 8 heteroatoms. The van der Waals surface area contributed by atoms with Gasteiger partial charge in [-0.05, 0) is 25.1 Å². The number of thiophene rings is 1. The van der Waals surface area contributed by atoms with E-state index >= 15 is 0 Å². The molecular weight excluding hydrogens is 345 g/mol. The summed E-state index contributed by atoms with van der Waals surface area (Å²) < 4.78 is 7.95. The highest BCUT2D eigenvalue weighted by molar-refractivity contribution is 7.20. The number of hydrogen-bond acceptors (Lipinski definition) is 5. The average Bonchev–Trinajstić information content (AvgIpc) is 2.97. The smallest absolute Gasteiger partial charge is 0.356 e. The third-order valence-corrected chi connectivity index (χ3v) is 4.82. The number of aromatic nitrogens is 3. The second-order valence-electron chi connectivity index (χ2n) is 4.63. The maximum Gasteiger partial charge on any atom is 0.356 e. The van der Waals surface area contributed by atoms with E-state index < -0.39 is 5.97 Å². The first kappa shape index (κ1) is 15.3. The summed E-state index contributed by atoms with van der Waals surface area (Å²) in [4.78, 5) is 20.2. The van der Waals surface area contributed by atoms with Crippen LogP contribution in [0.3, 0.4) is 0 Å². The minimum absolute atomic E-state index is 0.233. The van der Waals surface area contributed by atoms with Crippen LogP contribution in [-0.4, -0.2) is 27.6 Å². The SMILES string of the molecule is COC(=O)c1ccc2c(n1)nc(C)n2Cc1cc(Cl)sc1Cl. The van der Waals surface area contributed by atoms with E-state index in [1.165, 1.54) is 18.4 Å². The standard InChI is InChI=1S/C14H11Cl2N3O2S/c1-7-17-13-10(4-3-9(18-13)14(20)21-2)19(7)6-8-5-11(15)22-12(8)16/h3-5H,6H2,1-2H3. The fourth-order valence-electron chi connectivity index (χ4n) is 2.19. The van der Waals surface area contributed by atoms with Gasteiger partial charge in [-0.3, -0.25) is 0 Å². The number of hydrogen-bond donors (Lipinski definition) is 0. The monoisotopic (exact) mass is 355 g/mol. The van der Waals surface area contributed by atoms with Gasteiger partial charge in [-0.2, -0.15) is 0 Å². The number of aryl methyl sites for hydroxylation is 1. The molecule has 0 aliphatic carbocycles. The average molecular weight is 356 g/mol. The number of ether oxygens (including phenoxy) is 1. The summed E-state index contributed by atoms with van der Waals surface area (Å²) in [7, 11) is 1.32. The molecule has 5 nitrogen and oxygen atoms in total. The Labute approximate surface area is 140 Å². The minimum atomic E-state index is -0.484. The lowest BCUT2D eigenvalue weighted by Gasteiger charge is -2.06. The number of rotatable bonds is 3. The lowest BCUT2D eigenvalue weighted by atomic mass is 10.3. The van der Waals surface area contributed by atoms with Crippen molar-refractivity contribution in [1.82, 2.24) is 14.5 Å². The maximum atomic E-state index is 11.5. The Morgan fingerprint density at radius 3 is 2.77 bits per heavy atom. The van der Waals surface area contributed by atoms with Gasteiger partial charge in [-0.15, -0.1) is 11.3 Å². The van der Waals surface area contributed by atoms with E-state index in [-0.39, 0.29) is 5.69 Å². The van der Waals surface area contributed by atoms with Gasteiger partial charge in [0.15, 0.2) is 11.3 Å². The summed E-state index contributed by atoms with van der Waals surface area (Å²) in [5.41, 5.74) is 2.48. The molecule has 0 spiro atoms. The van der Waals surface area contributed by atoms with E-state index in [0.29, 0.717) is 20.9 Å². The molecule has 3 aromatic rings. The molecule has 0 N–H and O–H groups in total. The zero-order chi connectivity index (χ0) is 15.9. The van der Waals surface area contributed by atoms with Gasteiger partial charge in [-0.1, -0.05) is 23.2 Å². The van der Waals surface area contributed by atoms with E-state index in [1.807, 2.05) is 17.6 Å². The summed E-state index contributed by atoms with van der Waals surface area (Å²) >= 11 is 13.5. The molecule has 0 atom stereocenters. The van der Waals surface area contributed by atoms with Crippen LogP contribution in [0.5, 0.6) is 0 Å². The summed E-state index contributed by atoms with van der Waals surface area (Å²) in [5.74, 6) is 0.296. The van der Waals surface area contributed by atoms with Crippen molar-refractivity contribution < 1.29 is 9.53 Å². The number of halogens is 2. The molecule has 0 aromatic carbocycles. The van der Waals surface area contributed by atoms with E-state index in [0.717, 1.165) is 16.9 Å². The van der Waals surface area contributed by atoms with Crippen LogP contribution in [-0.2, 0) is 11.3 Å². The number of methoxy groups -OCH3 is 1. The lowest BCUT2D eigenvalue weighted by Crippen LogP contribution is -2.05. The van der Waals surface area contributed by atoms with Crippen LogP contribution in [0.25, 0.3) is 11.2 Å². The van der Waals surface area contributed by atoms with Crippen LogP contribution in [0.1, 0.15) is 21.9 Å². The summed E-state index contributed by atoms with van der Waals surface area (Å²) in [6, 6.07) is 5.26. The van der Waals surface area contributed by atoms with Crippen LogP contribution in [0.15, 0.2) is 18.2 Å². The molecule has 0 aliphatic rings. The first-order chi connectivity index (χ1) is 10.5. The van der Waals surface area contributed by atoms with Gasteiger partial charge in [0.2, 0.25) is 0 Å². The number of carbonyl (C=O) groups is 1. The van der Waals surface area contributed by atoms with Crippen LogP contribution in [0, 0.1) is 6.92 Å². The zero-order valence-corrected chi connectivity index (χ0v) is 14.1. The van der Waals surface area contributed by atoms with Crippen molar-refractivity contribution in [2.45, 2.75) is 13.5 Å². The molecule has 0 saturated heterocycles. The fourth-order valence-corrected chi connectivity index (χ4v) is 3.66. The topological polar surface area (TPSA) is 57.0 Å². The second-order valence-corrected chi connectivity index (χ2v) is 6.91. The highest BCUT2D eigenvalue weighted by Crippen LogP contribution is 2.32. The van der Waals surface area contributed by atoms with Crippen LogP contribution in [0.2, 0.25) is 8.67 Å². The molecule has 0 bridgehead atoms. The number of carbonyl (C=O) groups excluding carboxylic acids is 1. The highest BCUT2D eigenvalue weighted by Gasteiger charge is 2.15. The number of imidazole rings is 1. The molecule has 3 rings (SSSR count). The molecule has 22 heavy (non-hydrogen) atoms. The molecule has 0 fully saturated rings. The van der Waals surface area contributed by atoms with Crippen molar-refractivity contribution in [3.05, 3.63) is 44.0 Å². The van der Waals surface area contributed by atoms with Gasteiger partial charge >= 0.3 is 5.97 Å². The van der Waals surface area contributed by atoms with Crippen molar-refractivity contribution in [3.63, 3.8) is 0 Å². The van der Waals surface area contributed by atoms with E-state index in [4.69, 9.17) is 23.2 Å². The first-order valence-corrected chi connectivity index (χ1v) is 7.92. The summed E-state index contributed by atoms with van der Waals surface area (Å²) in [6.45, 7) is 2.42. The molecule has 3 heterocycles. The van der Waals surface area contributed by atoms with Crippen molar-refractivity contribution >= 4 is 51.7 Å². The summed E-state index contributed by atoms with van der Waals surface area (Å²) in [5, 5.41) is 0. The maximum absolute atomic E-state index is 11.5. The molecule has 0 unspecified atom stereocenters. The third-order valence-electron chi connectivity index (χ3n) is 3.25. The summed E-state index contributed by atoms with van der Waals surface area (Å²) in [6.07, 6.45) is 0. The van der Waals surface area contributed by atoms with Gasteiger partial charge in [-0.25, -0.2) is 14.8 Å². The Morgan fingerprint density at radius 1 is 1.36 bits per heavy atom. The second kappa shape index (κ2) is 5.87. The van der Waals surface area contributed by atoms with Crippen molar-refractivity contribution in [2.24, 2.45) is 0 Å². The zero-order valence-electron chi connectivity index (χ0n) is 11.8. The Balaban J connectivity index is 2.05. The molecule has 114 valence electrons. The number of nitrogens with zero attached hydrogens (tertiary/aromatic N) is 3. The van der Waals surface area contributed by atoms with Crippen LogP contribution >= 0.6 is 34.5 Å². The quantitative estimate of drug-likeness (QED) is 0.667. The lowest BCUT2D eigenvalue weighted by molar-refractivity contribution is 0.0594. The van der Waals surface area contributed by atoms with Gasteiger partial charge < -0.3 is 9.30 Å². The molecule has 3 aromatic heterocycles.